The lowest BCUT2D eigenvalue weighted by Gasteiger charge is -2.01. The molecule has 0 aliphatic heterocycles. The highest BCUT2D eigenvalue weighted by atomic mass is 32.1. The number of anilines is 1. The first-order valence-corrected chi connectivity index (χ1v) is 5.61. The highest BCUT2D eigenvalue weighted by molar-refractivity contribution is 7.13. The minimum Gasteiger partial charge on any atom is -0.368 e. The van der Waals surface area contributed by atoms with Crippen LogP contribution in [0.3, 0.4) is 0 Å². The van der Waals surface area contributed by atoms with Gasteiger partial charge in [0.1, 0.15) is 5.82 Å². The van der Waals surface area contributed by atoms with Gasteiger partial charge in [-0.3, -0.25) is 4.98 Å². The summed E-state index contributed by atoms with van der Waals surface area (Å²) in [6.07, 6.45) is 4.06. The summed E-state index contributed by atoms with van der Waals surface area (Å²) in [5.74, 6) is 2.26. The third-order valence-electron chi connectivity index (χ3n) is 2.27. The van der Waals surface area contributed by atoms with Crippen LogP contribution in [0.4, 0.5) is 5.95 Å². The fourth-order valence-corrected chi connectivity index (χ4v) is 1.92. The van der Waals surface area contributed by atoms with E-state index in [0.29, 0.717) is 17.7 Å². The molecule has 76 valence electrons. The first kappa shape index (κ1) is 8.72. The molecule has 0 bridgehead atoms. The molecule has 3 rings (SSSR count). The van der Waals surface area contributed by atoms with E-state index in [9.17, 15) is 0 Å². The number of thiazole rings is 1. The first-order valence-electron chi connectivity index (χ1n) is 4.73. The molecule has 6 heteroatoms. The molecule has 5 nitrogen and oxygen atoms in total. The Kier molecular flexibility index (Phi) is 1.88. The van der Waals surface area contributed by atoms with Gasteiger partial charge in [0.05, 0.1) is 10.4 Å². The van der Waals surface area contributed by atoms with Crippen molar-refractivity contribution < 1.29 is 0 Å². The summed E-state index contributed by atoms with van der Waals surface area (Å²) in [7, 11) is 0. The van der Waals surface area contributed by atoms with Crippen LogP contribution in [0.1, 0.15) is 24.6 Å². The maximum atomic E-state index is 5.65. The molecule has 0 unspecified atom stereocenters. The van der Waals surface area contributed by atoms with E-state index in [1.165, 1.54) is 11.3 Å². The smallest absolute Gasteiger partial charge is 0.223 e. The van der Waals surface area contributed by atoms with Crippen LogP contribution in [0, 0.1) is 0 Å². The van der Waals surface area contributed by atoms with Gasteiger partial charge in [-0.2, -0.15) is 9.97 Å². The standard InChI is InChI=1S/C9H9N5S/c10-9-13-7(5-1-2-5)12-8(14-9)6-3-11-4-15-6/h3-5H,1-2H2,(H2,10,12,13,14). The summed E-state index contributed by atoms with van der Waals surface area (Å²) in [6.45, 7) is 0. The molecule has 0 radical (unpaired) electrons. The third-order valence-corrected chi connectivity index (χ3v) is 3.03. The van der Waals surface area contributed by atoms with Crippen LogP contribution in [-0.4, -0.2) is 19.9 Å². The van der Waals surface area contributed by atoms with Crippen molar-refractivity contribution in [1.82, 2.24) is 19.9 Å². The fraction of sp³-hybridized carbons (Fsp3) is 0.333. The Morgan fingerprint density at radius 2 is 2.13 bits per heavy atom. The monoisotopic (exact) mass is 219 g/mol. The molecular formula is C9H9N5S. The van der Waals surface area contributed by atoms with Crippen molar-refractivity contribution in [3.63, 3.8) is 0 Å². The van der Waals surface area contributed by atoms with Crippen molar-refractivity contribution in [3.8, 4) is 10.7 Å². The number of aromatic nitrogens is 4. The van der Waals surface area contributed by atoms with Crippen LogP contribution in [0.2, 0.25) is 0 Å². The maximum Gasteiger partial charge on any atom is 0.223 e. The van der Waals surface area contributed by atoms with E-state index in [1.54, 1.807) is 11.7 Å². The van der Waals surface area contributed by atoms with Gasteiger partial charge in [-0.05, 0) is 12.8 Å². The van der Waals surface area contributed by atoms with Crippen molar-refractivity contribution >= 4 is 17.3 Å². The molecule has 1 aliphatic carbocycles. The van der Waals surface area contributed by atoms with Gasteiger partial charge < -0.3 is 5.73 Å². The van der Waals surface area contributed by atoms with Gasteiger partial charge in [-0.15, -0.1) is 11.3 Å². The highest BCUT2D eigenvalue weighted by Gasteiger charge is 2.27. The lowest BCUT2D eigenvalue weighted by atomic mass is 10.4. The van der Waals surface area contributed by atoms with Crippen LogP contribution < -0.4 is 5.73 Å². The average molecular weight is 219 g/mol. The summed E-state index contributed by atoms with van der Waals surface area (Å²) in [5, 5.41) is 0. The molecule has 0 spiro atoms. The van der Waals surface area contributed by atoms with Crippen LogP contribution in [0.25, 0.3) is 10.7 Å². The normalized spacial score (nSPS) is 15.5. The predicted molar refractivity (Wildman–Crippen MR) is 57.3 cm³/mol. The van der Waals surface area contributed by atoms with E-state index >= 15 is 0 Å². The largest absolute Gasteiger partial charge is 0.368 e. The van der Waals surface area contributed by atoms with Crippen molar-refractivity contribution in [1.29, 1.82) is 0 Å². The second-order valence-electron chi connectivity index (χ2n) is 3.52. The molecular weight excluding hydrogens is 210 g/mol. The molecule has 2 N–H and O–H groups in total. The Morgan fingerprint density at radius 1 is 1.27 bits per heavy atom. The molecule has 0 saturated heterocycles. The van der Waals surface area contributed by atoms with Crippen LogP contribution in [0.5, 0.6) is 0 Å². The molecule has 2 aromatic rings. The molecule has 1 fully saturated rings. The van der Waals surface area contributed by atoms with E-state index in [2.05, 4.69) is 19.9 Å². The third kappa shape index (κ3) is 1.68. The zero-order chi connectivity index (χ0) is 10.3. The van der Waals surface area contributed by atoms with Gasteiger partial charge >= 0.3 is 0 Å². The molecule has 15 heavy (non-hydrogen) atoms. The second-order valence-corrected chi connectivity index (χ2v) is 4.40. The first-order chi connectivity index (χ1) is 7.33. The molecule has 1 saturated carbocycles. The molecule has 0 atom stereocenters. The lowest BCUT2D eigenvalue weighted by Crippen LogP contribution is -2.03. The Bertz CT molecular complexity index is 477. The van der Waals surface area contributed by atoms with E-state index in [-0.39, 0.29) is 0 Å². The van der Waals surface area contributed by atoms with Gasteiger partial charge in [0.2, 0.25) is 5.95 Å². The summed E-state index contributed by atoms with van der Waals surface area (Å²) in [5.41, 5.74) is 7.41. The van der Waals surface area contributed by atoms with Crippen LogP contribution in [0.15, 0.2) is 11.7 Å². The quantitative estimate of drug-likeness (QED) is 0.827. The zero-order valence-electron chi connectivity index (χ0n) is 7.92. The number of nitrogen functional groups attached to an aromatic ring is 1. The Hall–Kier alpha value is -1.56. The SMILES string of the molecule is Nc1nc(-c2cncs2)nc(C2CC2)n1. The molecule has 2 aromatic heterocycles. The van der Waals surface area contributed by atoms with Crippen LogP contribution >= 0.6 is 11.3 Å². The highest BCUT2D eigenvalue weighted by Crippen LogP contribution is 2.38. The van der Waals surface area contributed by atoms with Gasteiger partial charge in [0.15, 0.2) is 5.82 Å². The Labute approximate surface area is 90.4 Å². The summed E-state index contributed by atoms with van der Waals surface area (Å²) in [6, 6.07) is 0. The van der Waals surface area contributed by atoms with E-state index < -0.39 is 0 Å². The number of hydrogen-bond acceptors (Lipinski definition) is 6. The van der Waals surface area contributed by atoms with Gasteiger partial charge in [0, 0.05) is 12.1 Å². The number of rotatable bonds is 2. The number of hydrogen-bond donors (Lipinski definition) is 1. The number of nitrogens with two attached hydrogens (primary N) is 1. The Balaban J connectivity index is 2.07. The van der Waals surface area contributed by atoms with Gasteiger partial charge in [-0.1, -0.05) is 0 Å². The van der Waals surface area contributed by atoms with Crippen molar-refractivity contribution in [2.45, 2.75) is 18.8 Å². The summed E-state index contributed by atoms with van der Waals surface area (Å²) in [4.78, 5) is 17.6. The zero-order valence-corrected chi connectivity index (χ0v) is 8.74. The molecule has 0 amide bonds. The Morgan fingerprint density at radius 3 is 2.80 bits per heavy atom. The second kappa shape index (κ2) is 3.23. The fourth-order valence-electron chi connectivity index (χ4n) is 1.37. The van der Waals surface area contributed by atoms with Gasteiger partial charge in [0.25, 0.3) is 0 Å². The topological polar surface area (TPSA) is 77.6 Å². The van der Waals surface area contributed by atoms with E-state index in [0.717, 1.165) is 23.5 Å². The molecule has 2 heterocycles. The molecule has 1 aliphatic rings. The van der Waals surface area contributed by atoms with Gasteiger partial charge in [-0.25, -0.2) is 4.98 Å². The van der Waals surface area contributed by atoms with Crippen molar-refractivity contribution in [3.05, 3.63) is 17.5 Å². The molecule has 0 aromatic carbocycles. The van der Waals surface area contributed by atoms with Crippen molar-refractivity contribution in [2.75, 3.05) is 5.73 Å². The van der Waals surface area contributed by atoms with E-state index in [4.69, 9.17) is 5.73 Å². The van der Waals surface area contributed by atoms with Crippen molar-refractivity contribution in [2.24, 2.45) is 0 Å². The number of nitrogens with zero attached hydrogens (tertiary/aromatic N) is 4. The minimum atomic E-state index is 0.301. The van der Waals surface area contributed by atoms with Crippen LogP contribution in [-0.2, 0) is 0 Å². The predicted octanol–water partition coefficient (Wildman–Crippen LogP) is 1.45. The lowest BCUT2D eigenvalue weighted by molar-refractivity contribution is 0.903. The maximum absolute atomic E-state index is 5.65. The average Bonchev–Trinajstić information content (AvgIpc) is 2.93. The van der Waals surface area contributed by atoms with E-state index in [1.807, 2.05) is 0 Å². The summed E-state index contributed by atoms with van der Waals surface area (Å²) >= 11 is 1.51. The summed E-state index contributed by atoms with van der Waals surface area (Å²) < 4.78 is 0. The minimum absolute atomic E-state index is 0.301.